The van der Waals surface area contributed by atoms with Crippen LogP contribution in [0.5, 0.6) is 0 Å². The average Bonchev–Trinajstić information content (AvgIpc) is 2.50. The minimum atomic E-state index is -0.285. The van der Waals surface area contributed by atoms with Crippen LogP contribution in [-0.2, 0) is 27.2 Å². The van der Waals surface area contributed by atoms with E-state index >= 15 is 0 Å². The molecule has 4 heteroatoms. The summed E-state index contributed by atoms with van der Waals surface area (Å²) in [6.45, 7) is 5.91. The van der Waals surface area contributed by atoms with Crippen molar-refractivity contribution in [1.82, 2.24) is 4.90 Å². The molecule has 1 aromatic carbocycles. The number of carbonyl (C=O) groups is 1. The van der Waals surface area contributed by atoms with Gasteiger partial charge in [-0.3, -0.25) is 4.90 Å². The topological polar surface area (TPSA) is 38.8 Å². The summed E-state index contributed by atoms with van der Waals surface area (Å²) in [5.74, 6) is -0.285. The number of hydrogen-bond acceptors (Lipinski definition) is 4. The summed E-state index contributed by atoms with van der Waals surface area (Å²) < 4.78 is 10.1. The molecule has 4 nitrogen and oxygen atoms in total. The molecule has 0 atom stereocenters. The lowest BCUT2D eigenvalue weighted by Gasteiger charge is -2.29. The van der Waals surface area contributed by atoms with Gasteiger partial charge in [0.05, 0.1) is 13.2 Å². The lowest BCUT2D eigenvalue weighted by molar-refractivity contribution is -0.137. The summed E-state index contributed by atoms with van der Waals surface area (Å²) in [5, 5.41) is 0. The molecule has 1 aromatic rings. The summed E-state index contributed by atoms with van der Waals surface area (Å²) >= 11 is 0. The second-order valence-electron chi connectivity index (χ2n) is 5.09. The van der Waals surface area contributed by atoms with Gasteiger partial charge >= 0.3 is 5.97 Å². The van der Waals surface area contributed by atoms with Crippen LogP contribution in [0.25, 0.3) is 6.08 Å². The molecule has 0 amide bonds. The summed E-state index contributed by atoms with van der Waals surface area (Å²) in [6, 6.07) is 6.26. The quantitative estimate of drug-likeness (QED) is 0.595. The molecule has 21 heavy (non-hydrogen) atoms. The van der Waals surface area contributed by atoms with Gasteiger partial charge in [0, 0.05) is 32.8 Å². The predicted octanol–water partition coefficient (Wildman–Crippen LogP) is 2.27. The van der Waals surface area contributed by atoms with Crippen LogP contribution in [0.4, 0.5) is 0 Å². The van der Waals surface area contributed by atoms with E-state index in [9.17, 15) is 4.79 Å². The number of benzene rings is 1. The number of fused-ring (bicyclic) bond motifs is 1. The van der Waals surface area contributed by atoms with Gasteiger partial charge in [0.25, 0.3) is 0 Å². The van der Waals surface area contributed by atoms with Gasteiger partial charge in [-0.1, -0.05) is 18.2 Å². The molecule has 0 saturated heterocycles. The third-order valence-corrected chi connectivity index (χ3v) is 3.68. The molecular weight excluding hydrogens is 266 g/mol. The molecule has 0 bridgehead atoms. The lowest BCUT2D eigenvalue weighted by Crippen LogP contribution is -2.33. The fourth-order valence-electron chi connectivity index (χ4n) is 2.61. The molecule has 1 aliphatic rings. The van der Waals surface area contributed by atoms with Gasteiger partial charge in [-0.15, -0.1) is 0 Å². The normalized spacial score (nSPS) is 15.1. The molecule has 114 valence electrons. The van der Waals surface area contributed by atoms with Crippen LogP contribution >= 0.6 is 0 Å². The molecule has 0 radical (unpaired) electrons. The van der Waals surface area contributed by atoms with Crippen LogP contribution in [0.2, 0.25) is 0 Å². The zero-order chi connectivity index (χ0) is 15.1. The first-order valence-electron chi connectivity index (χ1n) is 7.41. The Balaban J connectivity index is 2.08. The molecule has 0 N–H and O–H groups in total. The second-order valence-corrected chi connectivity index (χ2v) is 5.09. The highest BCUT2D eigenvalue weighted by Gasteiger charge is 2.17. The van der Waals surface area contributed by atoms with E-state index in [2.05, 4.69) is 17.0 Å². The van der Waals surface area contributed by atoms with Crippen molar-refractivity contribution in [2.24, 2.45) is 0 Å². The standard InChI is InChI=1S/C17H23NO3/c1-3-21-17(19)8-7-14-5-4-6-15-13-18(11-12-20-2)10-9-16(14)15/h4-8H,3,9-13H2,1-2H3. The van der Waals surface area contributed by atoms with Gasteiger partial charge in [0.15, 0.2) is 0 Å². The molecule has 1 heterocycles. The van der Waals surface area contributed by atoms with E-state index in [1.165, 1.54) is 17.2 Å². The first-order valence-corrected chi connectivity index (χ1v) is 7.41. The maximum Gasteiger partial charge on any atom is 0.330 e. The van der Waals surface area contributed by atoms with Crippen molar-refractivity contribution >= 4 is 12.0 Å². The first-order chi connectivity index (χ1) is 10.2. The predicted molar refractivity (Wildman–Crippen MR) is 83.0 cm³/mol. The Bertz CT molecular complexity index is 511. The molecule has 0 unspecified atom stereocenters. The van der Waals surface area contributed by atoms with Gasteiger partial charge in [-0.05, 0) is 36.1 Å². The summed E-state index contributed by atoms with van der Waals surface area (Å²) in [5.41, 5.74) is 3.79. The zero-order valence-electron chi connectivity index (χ0n) is 12.8. The summed E-state index contributed by atoms with van der Waals surface area (Å²) in [4.78, 5) is 13.8. The molecular formula is C17H23NO3. The Kier molecular flexibility index (Phi) is 5.96. The fourth-order valence-corrected chi connectivity index (χ4v) is 2.61. The molecule has 0 aliphatic carbocycles. The van der Waals surface area contributed by atoms with E-state index in [0.29, 0.717) is 6.61 Å². The highest BCUT2D eigenvalue weighted by atomic mass is 16.5. The van der Waals surface area contributed by atoms with E-state index < -0.39 is 0 Å². The summed E-state index contributed by atoms with van der Waals surface area (Å²) in [7, 11) is 1.73. The van der Waals surface area contributed by atoms with Gasteiger partial charge in [0.1, 0.15) is 0 Å². The van der Waals surface area contributed by atoms with E-state index in [-0.39, 0.29) is 5.97 Å². The minimum Gasteiger partial charge on any atom is -0.463 e. The van der Waals surface area contributed by atoms with Crippen molar-refractivity contribution in [1.29, 1.82) is 0 Å². The van der Waals surface area contributed by atoms with Crippen LogP contribution in [0.1, 0.15) is 23.6 Å². The number of esters is 1. The van der Waals surface area contributed by atoms with E-state index in [1.807, 2.05) is 19.1 Å². The Morgan fingerprint density at radius 1 is 1.43 bits per heavy atom. The Morgan fingerprint density at radius 3 is 3.05 bits per heavy atom. The number of hydrogen-bond donors (Lipinski definition) is 0. The van der Waals surface area contributed by atoms with Crippen molar-refractivity contribution in [2.75, 3.05) is 33.4 Å². The largest absolute Gasteiger partial charge is 0.463 e. The van der Waals surface area contributed by atoms with E-state index in [4.69, 9.17) is 9.47 Å². The van der Waals surface area contributed by atoms with Gasteiger partial charge in [-0.2, -0.15) is 0 Å². The molecule has 1 aliphatic heterocycles. The van der Waals surface area contributed by atoms with Gasteiger partial charge in [-0.25, -0.2) is 4.79 Å². The van der Waals surface area contributed by atoms with Crippen molar-refractivity contribution in [3.8, 4) is 0 Å². The zero-order valence-corrected chi connectivity index (χ0v) is 12.8. The third-order valence-electron chi connectivity index (χ3n) is 3.68. The monoisotopic (exact) mass is 289 g/mol. The van der Waals surface area contributed by atoms with Gasteiger partial charge in [0.2, 0.25) is 0 Å². The Labute approximate surface area is 126 Å². The molecule has 2 rings (SSSR count). The smallest absolute Gasteiger partial charge is 0.330 e. The Hall–Kier alpha value is -1.65. The third kappa shape index (κ3) is 4.41. The SMILES string of the molecule is CCOC(=O)C=Cc1cccc2c1CCN(CCOC)C2. The number of carbonyl (C=O) groups excluding carboxylic acids is 1. The molecule has 0 saturated carbocycles. The molecule has 0 spiro atoms. The summed E-state index contributed by atoms with van der Waals surface area (Å²) in [6.07, 6.45) is 4.38. The molecule has 0 fully saturated rings. The van der Waals surface area contributed by atoms with Crippen LogP contribution in [0.3, 0.4) is 0 Å². The first kappa shape index (κ1) is 15.7. The van der Waals surface area contributed by atoms with Crippen LogP contribution in [0.15, 0.2) is 24.3 Å². The second kappa shape index (κ2) is 7.96. The lowest BCUT2D eigenvalue weighted by atomic mass is 9.94. The highest BCUT2D eigenvalue weighted by molar-refractivity contribution is 5.87. The van der Waals surface area contributed by atoms with Crippen LogP contribution < -0.4 is 0 Å². The van der Waals surface area contributed by atoms with Crippen molar-refractivity contribution < 1.29 is 14.3 Å². The number of methoxy groups -OCH3 is 1. The maximum atomic E-state index is 11.4. The Morgan fingerprint density at radius 2 is 2.29 bits per heavy atom. The highest BCUT2D eigenvalue weighted by Crippen LogP contribution is 2.23. The molecule has 0 aromatic heterocycles. The van der Waals surface area contributed by atoms with Crippen LogP contribution in [0, 0.1) is 0 Å². The minimum absolute atomic E-state index is 0.285. The number of rotatable bonds is 6. The van der Waals surface area contributed by atoms with Crippen molar-refractivity contribution in [3.63, 3.8) is 0 Å². The maximum absolute atomic E-state index is 11.4. The number of nitrogens with zero attached hydrogens (tertiary/aromatic N) is 1. The van der Waals surface area contributed by atoms with E-state index in [0.717, 1.165) is 38.2 Å². The van der Waals surface area contributed by atoms with E-state index in [1.54, 1.807) is 7.11 Å². The van der Waals surface area contributed by atoms with Crippen LogP contribution in [-0.4, -0.2) is 44.3 Å². The van der Waals surface area contributed by atoms with Crippen molar-refractivity contribution in [3.05, 3.63) is 41.0 Å². The average molecular weight is 289 g/mol. The fraction of sp³-hybridized carbons (Fsp3) is 0.471. The van der Waals surface area contributed by atoms with Crippen molar-refractivity contribution in [2.45, 2.75) is 19.9 Å². The number of ether oxygens (including phenoxy) is 2. The van der Waals surface area contributed by atoms with Gasteiger partial charge < -0.3 is 9.47 Å².